The number of hydrogen-bond donors (Lipinski definition) is 2. The van der Waals surface area contributed by atoms with Gasteiger partial charge in [0.1, 0.15) is 0 Å². The van der Waals surface area contributed by atoms with E-state index in [1.807, 2.05) is 12.1 Å². The van der Waals surface area contributed by atoms with Crippen LogP contribution in [0.5, 0.6) is 0 Å². The van der Waals surface area contributed by atoms with Crippen LogP contribution < -0.4 is 11.1 Å². The average Bonchev–Trinajstić information content (AvgIpc) is 2.25. The summed E-state index contributed by atoms with van der Waals surface area (Å²) in [6.07, 6.45) is 1.54. The first-order valence-electron chi connectivity index (χ1n) is 4.59. The average molecular weight is 254 g/mol. The monoisotopic (exact) mass is 253 g/mol. The predicted molar refractivity (Wildman–Crippen MR) is 68.4 cm³/mol. The van der Waals surface area contributed by atoms with Gasteiger partial charge in [0.2, 0.25) is 0 Å². The van der Waals surface area contributed by atoms with Crippen LogP contribution in [0.15, 0.2) is 36.5 Å². The number of nitrogen functional groups attached to an aromatic ring is 1. The molecule has 0 aliphatic carbocycles. The van der Waals surface area contributed by atoms with Gasteiger partial charge in [0.05, 0.1) is 10.7 Å². The van der Waals surface area contributed by atoms with Crippen LogP contribution in [0, 0.1) is 0 Å². The van der Waals surface area contributed by atoms with Gasteiger partial charge in [0, 0.05) is 16.9 Å². The molecule has 5 heteroatoms. The molecule has 16 heavy (non-hydrogen) atoms. The van der Waals surface area contributed by atoms with Crippen LogP contribution >= 0.6 is 23.2 Å². The molecule has 1 aromatic heterocycles. The minimum Gasteiger partial charge on any atom is -0.396 e. The molecule has 2 rings (SSSR count). The summed E-state index contributed by atoms with van der Waals surface area (Å²) in [5.74, 6) is 0.576. The van der Waals surface area contributed by atoms with Crippen LogP contribution in [0.2, 0.25) is 10.0 Å². The van der Waals surface area contributed by atoms with Crippen molar-refractivity contribution in [2.24, 2.45) is 0 Å². The van der Waals surface area contributed by atoms with Gasteiger partial charge in [-0.1, -0.05) is 23.2 Å². The van der Waals surface area contributed by atoms with Crippen molar-refractivity contribution in [2.45, 2.75) is 0 Å². The molecule has 1 aromatic carbocycles. The van der Waals surface area contributed by atoms with Gasteiger partial charge in [-0.25, -0.2) is 4.98 Å². The maximum atomic E-state index is 5.78. The van der Waals surface area contributed by atoms with Gasteiger partial charge in [-0.2, -0.15) is 0 Å². The second-order valence-corrected chi connectivity index (χ2v) is 4.10. The Kier molecular flexibility index (Phi) is 3.17. The van der Waals surface area contributed by atoms with Crippen molar-refractivity contribution >= 4 is 40.4 Å². The minimum absolute atomic E-state index is 0.502. The maximum absolute atomic E-state index is 5.78. The van der Waals surface area contributed by atoms with Crippen molar-refractivity contribution in [1.29, 1.82) is 0 Å². The number of nitrogens with one attached hydrogen (secondary N) is 1. The first-order chi connectivity index (χ1) is 7.65. The number of pyridine rings is 1. The van der Waals surface area contributed by atoms with E-state index in [9.17, 15) is 0 Å². The lowest BCUT2D eigenvalue weighted by atomic mass is 10.3. The van der Waals surface area contributed by atoms with Crippen molar-refractivity contribution < 1.29 is 0 Å². The molecular formula is C11H9Cl2N3. The Morgan fingerprint density at radius 1 is 1.06 bits per heavy atom. The molecule has 0 saturated heterocycles. The first kappa shape index (κ1) is 11.0. The fourth-order valence-electron chi connectivity index (χ4n) is 1.23. The molecule has 3 nitrogen and oxygen atoms in total. The lowest BCUT2D eigenvalue weighted by molar-refractivity contribution is 1.31. The zero-order valence-corrected chi connectivity index (χ0v) is 9.76. The van der Waals surface area contributed by atoms with Crippen LogP contribution in [0.1, 0.15) is 0 Å². The summed E-state index contributed by atoms with van der Waals surface area (Å²) in [6.45, 7) is 0. The number of halogens is 2. The Bertz CT molecular complexity index is 497. The van der Waals surface area contributed by atoms with E-state index in [-0.39, 0.29) is 0 Å². The minimum atomic E-state index is 0.502. The molecule has 0 aliphatic rings. The lowest BCUT2D eigenvalue weighted by Gasteiger charge is -2.08. The van der Waals surface area contributed by atoms with E-state index in [0.717, 1.165) is 5.69 Å². The standard InChI is InChI=1S/C11H9Cl2N3/c12-7-1-3-9(4-2-7)16-11-10(14)5-8(13)6-15-11/h1-6H,14H2,(H,15,16). The number of rotatable bonds is 2. The van der Waals surface area contributed by atoms with Crippen molar-refractivity contribution in [1.82, 2.24) is 4.98 Å². The summed E-state index contributed by atoms with van der Waals surface area (Å²) in [5.41, 5.74) is 7.13. The highest BCUT2D eigenvalue weighted by Gasteiger charge is 2.01. The van der Waals surface area contributed by atoms with Gasteiger partial charge in [-0.3, -0.25) is 0 Å². The lowest BCUT2D eigenvalue weighted by Crippen LogP contribution is -1.98. The van der Waals surface area contributed by atoms with Crippen molar-refractivity contribution in [2.75, 3.05) is 11.1 Å². The number of hydrogen-bond acceptors (Lipinski definition) is 3. The summed E-state index contributed by atoms with van der Waals surface area (Å²) in [7, 11) is 0. The Hall–Kier alpha value is -1.45. The molecule has 0 amide bonds. The highest BCUT2D eigenvalue weighted by atomic mass is 35.5. The predicted octanol–water partition coefficient (Wildman–Crippen LogP) is 3.71. The normalized spacial score (nSPS) is 10.1. The van der Waals surface area contributed by atoms with E-state index in [4.69, 9.17) is 28.9 Å². The van der Waals surface area contributed by atoms with Gasteiger partial charge in [-0.15, -0.1) is 0 Å². The van der Waals surface area contributed by atoms with Gasteiger partial charge in [0.15, 0.2) is 5.82 Å². The van der Waals surface area contributed by atoms with Crippen molar-refractivity contribution in [3.63, 3.8) is 0 Å². The molecule has 3 N–H and O–H groups in total. The maximum Gasteiger partial charge on any atom is 0.153 e. The zero-order chi connectivity index (χ0) is 11.5. The smallest absolute Gasteiger partial charge is 0.153 e. The highest BCUT2D eigenvalue weighted by molar-refractivity contribution is 6.31. The molecule has 0 unspecified atom stereocenters. The fourth-order valence-corrected chi connectivity index (χ4v) is 1.52. The molecule has 0 atom stereocenters. The third-order valence-electron chi connectivity index (χ3n) is 1.99. The number of nitrogens with zero attached hydrogens (tertiary/aromatic N) is 1. The largest absolute Gasteiger partial charge is 0.396 e. The number of benzene rings is 1. The highest BCUT2D eigenvalue weighted by Crippen LogP contribution is 2.23. The van der Waals surface area contributed by atoms with E-state index in [1.54, 1.807) is 18.2 Å². The van der Waals surface area contributed by atoms with E-state index in [0.29, 0.717) is 21.6 Å². The van der Waals surface area contributed by atoms with Crippen LogP contribution in [-0.4, -0.2) is 4.98 Å². The Morgan fingerprint density at radius 3 is 2.38 bits per heavy atom. The second-order valence-electron chi connectivity index (χ2n) is 3.22. The Balaban J connectivity index is 2.23. The fraction of sp³-hybridized carbons (Fsp3) is 0. The molecule has 0 aliphatic heterocycles. The first-order valence-corrected chi connectivity index (χ1v) is 5.34. The molecular weight excluding hydrogens is 245 g/mol. The number of nitrogens with two attached hydrogens (primary N) is 1. The van der Waals surface area contributed by atoms with Gasteiger partial charge < -0.3 is 11.1 Å². The van der Waals surface area contributed by atoms with E-state index in [1.165, 1.54) is 6.20 Å². The van der Waals surface area contributed by atoms with Gasteiger partial charge in [0.25, 0.3) is 0 Å². The summed E-state index contributed by atoms with van der Waals surface area (Å²) < 4.78 is 0. The molecule has 0 radical (unpaired) electrons. The van der Waals surface area contributed by atoms with Gasteiger partial charge in [-0.05, 0) is 30.3 Å². The van der Waals surface area contributed by atoms with E-state index >= 15 is 0 Å². The van der Waals surface area contributed by atoms with Crippen LogP contribution in [0.4, 0.5) is 17.2 Å². The summed E-state index contributed by atoms with van der Waals surface area (Å²) in [5, 5.41) is 4.27. The number of aromatic nitrogens is 1. The van der Waals surface area contributed by atoms with Crippen molar-refractivity contribution in [3.05, 3.63) is 46.6 Å². The molecule has 0 fully saturated rings. The van der Waals surface area contributed by atoms with Crippen LogP contribution in [0.25, 0.3) is 0 Å². The Morgan fingerprint density at radius 2 is 1.75 bits per heavy atom. The zero-order valence-electron chi connectivity index (χ0n) is 8.24. The topological polar surface area (TPSA) is 50.9 Å². The summed E-state index contributed by atoms with van der Waals surface area (Å²) >= 11 is 11.5. The SMILES string of the molecule is Nc1cc(Cl)cnc1Nc1ccc(Cl)cc1. The third-order valence-corrected chi connectivity index (χ3v) is 2.45. The van der Waals surface area contributed by atoms with Crippen molar-refractivity contribution in [3.8, 4) is 0 Å². The Labute approximate surface area is 103 Å². The molecule has 0 spiro atoms. The molecule has 1 heterocycles. The van der Waals surface area contributed by atoms with Crippen LogP contribution in [0.3, 0.4) is 0 Å². The van der Waals surface area contributed by atoms with E-state index < -0.39 is 0 Å². The third kappa shape index (κ3) is 2.56. The quantitative estimate of drug-likeness (QED) is 0.858. The van der Waals surface area contributed by atoms with E-state index in [2.05, 4.69) is 10.3 Å². The molecule has 82 valence electrons. The number of anilines is 3. The van der Waals surface area contributed by atoms with Gasteiger partial charge >= 0.3 is 0 Å². The second kappa shape index (κ2) is 4.60. The molecule has 0 bridgehead atoms. The van der Waals surface area contributed by atoms with Crippen LogP contribution in [-0.2, 0) is 0 Å². The summed E-state index contributed by atoms with van der Waals surface area (Å²) in [6, 6.07) is 8.91. The summed E-state index contributed by atoms with van der Waals surface area (Å²) in [4.78, 5) is 4.09. The molecule has 0 saturated carbocycles. The molecule has 2 aromatic rings.